The lowest BCUT2D eigenvalue weighted by atomic mass is 10.1. The molecular formula is C30H41N7O3. The summed E-state index contributed by atoms with van der Waals surface area (Å²) < 4.78 is 13.6. The van der Waals surface area contributed by atoms with Crippen molar-refractivity contribution in [2.24, 2.45) is 12.8 Å². The molecule has 10 nitrogen and oxygen atoms in total. The van der Waals surface area contributed by atoms with E-state index in [1.54, 1.807) is 25.4 Å². The molecule has 2 aromatic carbocycles. The van der Waals surface area contributed by atoms with Gasteiger partial charge in [-0.05, 0) is 45.4 Å². The van der Waals surface area contributed by atoms with E-state index in [9.17, 15) is 4.79 Å². The van der Waals surface area contributed by atoms with Crippen LogP contribution >= 0.6 is 0 Å². The average molecular weight is 548 g/mol. The molecule has 4 N–H and O–H groups in total. The maximum Gasteiger partial charge on any atom is 0.247 e. The van der Waals surface area contributed by atoms with E-state index in [0.717, 1.165) is 22.2 Å². The van der Waals surface area contributed by atoms with Gasteiger partial charge in [0.1, 0.15) is 18.1 Å². The van der Waals surface area contributed by atoms with Crippen molar-refractivity contribution in [2.45, 2.75) is 13.8 Å². The van der Waals surface area contributed by atoms with Crippen molar-refractivity contribution in [1.29, 1.82) is 0 Å². The fourth-order valence-electron chi connectivity index (χ4n) is 3.80. The number of aryl methyl sites for hydroxylation is 1. The van der Waals surface area contributed by atoms with Crippen LogP contribution in [0.4, 0.5) is 17.3 Å². The molecule has 4 rings (SSSR count). The van der Waals surface area contributed by atoms with Gasteiger partial charge >= 0.3 is 0 Å². The SMILES string of the molecule is C=CC(=O)Nc1cc(Nc2nccc(-c3cn(C)c4ccccc34)n2)c(OC)cc1OCCN(C)C.CC.CN. The first-order valence-electron chi connectivity index (χ1n) is 13.0. The van der Waals surface area contributed by atoms with Gasteiger partial charge in [0, 0.05) is 48.5 Å². The number of nitrogens with two attached hydrogens (primary N) is 1. The second-order valence-corrected chi connectivity index (χ2v) is 8.46. The predicted molar refractivity (Wildman–Crippen MR) is 165 cm³/mol. The molecule has 2 heterocycles. The Bertz CT molecular complexity index is 1400. The quantitative estimate of drug-likeness (QED) is 0.236. The molecule has 0 aliphatic heterocycles. The van der Waals surface area contributed by atoms with Crippen LogP contribution in [0.15, 0.2) is 67.5 Å². The fraction of sp³-hybridized carbons (Fsp3) is 0.300. The zero-order chi connectivity index (χ0) is 29.7. The van der Waals surface area contributed by atoms with Gasteiger partial charge in [-0.15, -0.1) is 0 Å². The number of anilines is 3. The molecule has 214 valence electrons. The second kappa shape index (κ2) is 15.9. The Kier molecular flexibility index (Phi) is 12.6. The van der Waals surface area contributed by atoms with Gasteiger partial charge in [0.25, 0.3) is 0 Å². The van der Waals surface area contributed by atoms with Crippen molar-refractivity contribution in [3.8, 4) is 22.8 Å². The van der Waals surface area contributed by atoms with Crippen LogP contribution in [-0.2, 0) is 11.8 Å². The predicted octanol–water partition coefficient (Wildman–Crippen LogP) is 5.05. The average Bonchev–Trinajstić information content (AvgIpc) is 3.32. The number of rotatable bonds is 10. The normalized spacial score (nSPS) is 10.1. The Morgan fingerprint density at radius 2 is 1.85 bits per heavy atom. The van der Waals surface area contributed by atoms with Crippen molar-refractivity contribution < 1.29 is 14.3 Å². The van der Waals surface area contributed by atoms with E-state index in [2.05, 4.69) is 50.8 Å². The van der Waals surface area contributed by atoms with E-state index in [1.165, 1.54) is 13.1 Å². The summed E-state index contributed by atoms with van der Waals surface area (Å²) in [5.41, 5.74) is 8.47. The van der Waals surface area contributed by atoms with Crippen molar-refractivity contribution in [3.05, 3.63) is 67.5 Å². The Hall–Kier alpha value is -4.41. The van der Waals surface area contributed by atoms with Crippen molar-refractivity contribution in [3.63, 3.8) is 0 Å². The number of methoxy groups -OCH3 is 1. The summed E-state index contributed by atoms with van der Waals surface area (Å²) in [5, 5.41) is 7.14. The van der Waals surface area contributed by atoms with E-state index in [4.69, 9.17) is 14.5 Å². The molecule has 4 aromatic rings. The molecule has 10 heteroatoms. The van der Waals surface area contributed by atoms with Crippen LogP contribution in [0.5, 0.6) is 11.5 Å². The highest BCUT2D eigenvalue weighted by molar-refractivity contribution is 6.00. The number of nitrogens with one attached hydrogen (secondary N) is 2. The number of para-hydroxylation sites is 1. The van der Waals surface area contributed by atoms with E-state index < -0.39 is 0 Å². The van der Waals surface area contributed by atoms with Crippen molar-refractivity contribution in [1.82, 2.24) is 19.4 Å². The lowest BCUT2D eigenvalue weighted by Gasteiger charge is -2.18. The van der Waals surface area contributed by atoms with Gasteiger partial charge in [-0.25, -0.2) is 9.97 Å². The summed E-state index contributed by atoms with van der Waals surface area (Å²) in [4.78, 5) is 23.2. The van der Waals surface area contributed by atoms with Gasteiger partial charge in [0.05, 0.1) is 24.2 Å². The van der Waals surface area contributed by atoms with Crippen molar-refractivity contribution >= 4 is 34.1 Å². The molecule has 0 saturated carbocycles. The van der Waals surface area contributed by atoms with Crippen LogP contribution in [0.1, 0.15) is 13.8 Å². The zero-order valence-corrected chi connectivity index (χ0v) is 24.5. The van der Waals surface area contributed by atoms with E-state index >= 15 is 0 Å². The van der Waals surface area contributed by atoms with E-state index in [1.807, 2.05) is 58.1 Å². The number of hydrogen-bond acceptors (Lipinski definition) is 8. The first-order valence-corrected chi connectivity index (χ1v) is 13.0. The maximum atomic E-state index is 12.1. The van der Waals surface area contributed by atoms with Gasteiger partial charge in [-0.3, -0.25) is 4.79 Å². The number of aromatic nitrogens is 3. The number of fused-ring (bicyclic) bond motifs is 1. The second-order valence-electron chi connectivity index (χ2n) is 8.46. The zero-order valence-electron chi connectivity index (χ0n) is 24.5. The topological polar surface area (TPSA) is 120 Å². The molecule has 0 fully saturated rings. The Morgan fingerprint density at radius 1 is 1.12 bits per heavy atom. The molecule has 0 spiro atoms. The van der Waals surface area contributed by atoms with Gasteiger partial charge in [-0.2, -0.15) is 0 Å². The molecule has 1 amide bonds. The summed E-state index contributed by atoms with van der Waals surface area (Å²) in [7, 11) is 9.01. The van der Waals surface area contributed by atoms with Crippen LogP contribution in [0.25, 0.3) is 22.2 Å². The highest BCUT2D eigenvalue weighted by atomic mass is 16.5. The lowest BCUT2D eigenvalue weighted by Crippen LogP contribution is -2.20. The molecule has 0 aliphatic carbocycles. The van der Waals surface area contributed by atoms with E-state index in [-0.39, 0.29) is 5.91 Å². The number of amides is 1. The Balaban J connectivity index is 0.00000134. The van der Waals surface area contributed by atoms with Gasteiger partial charge in [0.2, 0.25) is 11.9 Å². The standard InChI is InChI=1S/C27H30N6O3.C2H6.CH5N/c1-6-26(34)29-22-15-21(24(35-5)16-25(22)36-14-13-32(2)3)31-27-28-12-11-20(30-27)19-17-33(4)23-10-8-7-9-18(19)23;2*1-2/h6-12,15-17H,1,13-14H2,2-5H3,(H,29,34)(H,28,30,31);1-2H3;2H2,1H3. The summed E-state index contributed by atoms with van der Waals surface area (Å²) in [6, 6.07) is 13.5. The number of carbonyl (C=O) groups is 1. The van der Waals surface area contributed by atoms with E-state index in [0.29, 0.717) is 42.0 Å². The summed E-state index contributed by atoms with van der Waals surface area (Å²) >= 11 is 0. The molecule has 0 bridgehead atoms. The third-order valence-corrected chi connectivity index (χ3v) is 5.62. The van der Waals surface area contributed by atoms with Crippen LogP contribution in [0.2, 0.25) is 0 Å². The fourth-order valence-corrected chi connectivity index (χ4v) is 3.80. The third kappa shape index (κ3) is 8.05. The molecule has 0 unspecified atom stereocenters. The smallest absolute Gasteiger partial charge is 0.247 e. The molecule has 2 aromatic heterocycles. The number of likely N-dealkylation sites (N-methyl/N-ethyl adjacent to an activating group) is 1. The summed E-state index contributed by atoms with van der Waals surface area (Å²) in [5.74, 6) is 1.05. The Morgan fingerprint density at radius 3 is 2.52 bits per heavy atom. The minimum Gasteiger partial charge on any atom is -0.494 e. The third-order valence-electron chi connectivity index (χ3n) is 5.62. The summed E-state index contributed by atoms with van der Waals surface area (Å²) in [6.07, 6.45) is 4.97. The summed E-state index contributed by atoms with van der Waals surface area (Å²) in [6.45, 7) is 8.69. The van der Waals surface area contributed by atoms with Crippen LogP contribution in [0.3, 0.4) is 0 Å². The minimum atomic E-state index is -0.349. The molecule has 40 heavy (non-hydrogen) atoms. The van der Waals surface area contributed by atoms with Crippen LogP contribution in [0, 0.1) is 0 Å². The molecule has 0 saturated heterocycles. The van der Waals surface area contributed by atoms with Crippen molar-refractivity contribution in [2.75, 3.05) is 52.0 Å². The molecular weight excluding hydrogens is 506 g/mol. The largest absolute Gasteiger partial charge is 0.494 e. The van der Waals surface area contributed by atoms with Crippen LogP contribution in [-0.4, -0.2) is 66.7 Å². The number of nitrogens with zero attached hydrogens (tertiary/aromatic N) is 4. The monoisotopic (exact) mass is 547 g/mol. The number of benzene rings is 2. The minimum absolute atomic E-state index is 0.349. The maximum absolute atomic E-state index is 12.1. The Labute approximate surface area is 236 Å². The first-order chi connectivity index (χ1) is 19.4. The number of hydrogen-bond donors (Lipinski definition) is 3. The lowest BCUT2D eigenvalue weighted by molar-refractivity contribution is -0.111. The van der Waals surface area contributed by atoms with Gasteiger partial charge in [-0.1, -0.05) is 38.6 Å². The highest BCUT2D eigenvalue weighted by Crippen LogP contribution is 2.38. The molecule has 0 aliphatic rings. The number of ether oxygens (including phenoxy) is 2. The van der Waals surface area contributed by atoms with Crippen LogP contribution < -0.4 is 25.8 Å². The highest BCUT2D eigenvalue weighted by Gasteiger charge is 2.16. The number of carbonyl (C=O) groups excluding carboxylic acids is 1. The van der Waals surface area contributed by atoms with Gasteiger partial charge in [0.15, 0.2) is 0 Å². The van der Waals surface area contributed by atoms with Gasteiger partial charge < -0.3 is 35.3 Å². The first kappa shape index (κ1) is 31.8. The molecule has 0 atom stereocenters. The molecule has 0 radical (unpaired) electrons.